The summed E-state index contributed by atoms with van der Waals surface area (Å²) in [5.74, 6) is -0.710. The lowest BCUT2D eigenvalue weighted by atomic mass is 9.99. The number of allylic oxidation sites excluding steroid dienone is 1. The number of hydrogen-bond donors (Lipinski definition) is 7. The van der Waals surface area contributed by atoms with Crippen LogP contribution in [0.25, 0.3) is 0 Å². The first-order valence-electron chi connectivity index (χ1n) is 17.7. The first kappa shape index (κ1) is 43.8. The monoisotopic (exact) mass is 697 g/mol. The Morgan fingerprint density at radius 3 is 1.91 bits per heavy atom. The van der Waals surface area contributed by atoms with E-state index >= 15 is 0 Å². The van der Waals surface area contributed by atoms with Crippen molar-refractivity contribution in [2.75, 3.05) is 13.2 Å². The Balaban J connectivity index is 2.79. The number of amides is 1. The second-order valence-corrected chi connectivity index (χ2v) is 13.7. The lowest BCUT2D eigenvalue weighted by molar-refractivity contribution is -0.298. The highest BCUT2D eigenvalue weighted by Gasteiger charge is 2.48. The fraction of sp³-hybridized carbons (Fsp3) is 0.909. The molecule has 1 heterocycles. The van der Waals surface area contributed by atoms with Crippen molar-refractivity contribution >= 4 is 16.3 Å². The van der Waals surface area contributed by atoms with Gasteiger partial charge in [0.25, 0.3) is 0 Å². The van der Waals surface area contributed by atoms with Gasteiger partial charge in [0.2, 0.25) is 5.91 Å². The van der Waals surface area contributed by atoms with Crippen LogP contribution >= 0.6 is 0 Å². The van der Waals surface area contributed by atoms with E-state index in [-0.39, 0.29) is 6.42 Å². The van der Waals surface area contributed by atoms with Crippen LogP contribution in [0.3, 0.4) is 0 Å². The van der Waals surface area contributed by atoms with Crippen LogP contribution in [0.1, 0.15) is 129 Å². The predicted molar refractivity (Wildman–Crippen MR) is 178 cm³/mol. The molecule has 1 amide bonds. The van der Waals surface area contributed by atoms with Gasteiger partial charge < -0.3 is 40.3 Å². The van der Waals surface area contributed by atoms with Crippen molar-refractivity contribution in [1.29, 1.82) is 0 Å². The van der Waals surface area contributed by atoms with Crippen LogP contribution in [-0.2, 0) is 28.9 Å². The zero-order chi connectivity index (χ0) is 35.1. The average molecular weight is 698 g/mol. The van der Waals surface area contributed by atoms with E-state index in [2.05, 4.69) is 23.3 Å². The summed E-state index contributed by atoms with van der Waals surface area (Å²) in [6.07, 6.45) is 10.6. The molecule has 0 spiro atoms. The third-order valence-corrected chi connectivity index (χ3v) is 8.89. The molecule has 0 aromatic heterocycles. The van der Waals surface area contributed by atoms with E-state index in [0.29, 0.717) is 12.8 Å². The molecule has 278 valence electrons. The number of aliphatic hydroxyl groups excluding tert-OH is 5. The maximum Gasteiger partial charge on any atom is 0.397 e. The van der Waals surface area contributed by atoms with Crippen LogP contribution in [0.2, 0.25) is 0 Å². The molecule has 47 heavy (non-hydrogen) atoms. The van der Waals surface area contributed by atoms with Gasteiger partial charge in [0.15, 0.2) is 6.29 Å². The van der Waals surface area contributed by atoms with E-state index in [1.807, 2.05) is 0 Å². The Kier molecular flexibility index (Phi) is 24.0. The predicted octanol–water partition coefficient (Wildman–Crippen LogP) is 3.45. The van der Waals surface area contributed by atoms with Gasteiger partial charge in [-0.3, -0.25) is 9.35 Å². The largest absolute Gasteiger partial charge is 0.397 e. The van der Waals surface area contributed by atoms with Crippen LogP contribution in [0.5, 0.6) is 0 Å². The van der Waals surface area contributed by atoms with Gasteiger partial charge in [-0.1, -0.05) is 122 Å². The summed E-state index contributed by atoms with van der Waals surface area (Å²) in [7, 11) is -5.10. The summed E-state index contributed by atoms with van der Waals surface area (Å²) in [6.45, 7) is 3.09. The number of ether oxygens (including phenoxy) is 2. The van der Waals surface area contributed by atoms with Gasteiger partial charge in [-0.15, -0.1) is 0 Å². The standard InChI is InChI=1S/C33H63NO12S/c1-3-5-7-9-11-13-14-16-17-19-21-26(36)25(34-32(40)27(37)22-20-18-15-12-10-8-6-4-2)24-44-33-30(39)31(46-47(41,42)43)29(38)28(23-35)45-33/h19,21,25-31,33,35-39H,3-18,20,22-24H2,1-2H3,(H,34,40)(H,41,42,43)/b21-19+. The van der Waals surface area contributed by atoms with Gasteiger partial charge in [-0.2, -0.15) is 8.42 Å². The van der Waals surface area contributed by atoms with Crippen molar-refractivity contribution in [3.63, 3.8) is 0 Å². The van der Waals surface area contributed by atoms with Gasteiger partial charge in [0, 0.05) is 0 Å². The van der Waals surface area contributed by atoms with Gasteiger partial charge >= 0.3 is 10.4 Å². The normalized spacial score (nSPS) is 24.0. The smallest absolute Gasteiger partial charge is 0.394 e. The average Bonchev–Trinajstić information content (AvgIpc) is 3.03. The molecule has 0 saturated carbocycles. The summed E-state index contributed by atoms with van der Waals surface area (Å²) >= 11 is 0. The SMILES string of the molecule is CCCCCCCCCC/C=C/C(O)C(COC1OC(CO)C(O)C(OS(=O)(=O)O)C1O)NC(=O)C(O)CCCCCCCCCC. The highest BCUT2D eigenvalue weighted by atomic mass is 32.3. The topological polar surface area (TPSA) is 212 Å². The lowest BCUT2D eigenvalue weighted by Crippen LogP contribution is -2.61. The highest BCUT2D eigenvalue weighted by Crippen LogP contribution is 2.26. The van der Waals surface area contributed by atoms with Crippen LogP contribution in [0.4, 0.5) is 0 Å². The maximum atomic E-state index is 12.9. The number of aliphatic hydroxyl groups is 5. The Labute approximate surface area is 282 Å². The summed E-state index contributed by atoms with van der Waals surface area (Å²) in [4.78, 5) is 12.9. The van der Waals surface area contributed by atoms with Crippen molar-refractivity contribution in [2.45, 2.75) is 178 Å². The van der Waals surface area contributed by atoms with Crippen molar-refractivity contribution < 1.29 is 57.0 Å². The van der Waals surface area contributed by atoms with Crippen LogP contribution < -0.4 is 5.32 Å². The first-order chi connectivity index (χ1) is 22.4. The van der Waals surface area contributed by atoms with E-state index in [9.17, 15) is 38.7 Å². The van der Waals surface area contributed by atoms with Gasteiger partial charge in [-0.25, -0.2) is 4.18 Å². The molecule has 1 rings (SSSR count). The summed E-state index contributed by atoms with van der Waals surface area (Å²) in [5, 5.41) is 54.5. The Morgan fingerprint density at radius 2 is 1.38 bits per heavy atom. The number of rotatable bonds is 28. The summed E-state index contributed by atoms with van der Waals surface area (Å²) in [5.41, 5.74) is 0. The minimum atomic E-state index is -5.10. The number of unbranched alkanes of at least 4 members (excludes halogenated alkanes) is 15. The Morgan fingerprint density at radius 1 is 0.851 bits per heavy atom. The molecule has 0 aromatic rings. The zero-order valence-electron chi connectivity index (χ0n) is 28.5. The van der Waals surface area contributed by atoms with Gasteiger partial charge in [-0.05, 0) is 19.3 Å². The van der Waals surface area contributed by atoms with Crippen molar-refractivity contribution in [1.82, 2.24) is 5.32 Å². The molecule has 13 nitrogen and oxygen atoms in total. The van der Waals surface area contributed by atoms with Gasteiger partial charge in [0.05, 0.1) is 25.4 Å². The number of nitrogens with one attached hydrogen (secondary N) is 1. The molecule has 0 radical (unpaired) electrons. The van der Waals surface area contributed by atoms with Crippen LogP contribution in [-0.4, -0.2) is 107 Å². The van der Waals surface area contributed by atoms with Gasteiger partial charge in [0.1, 0.15) is 30.5 Å². The molecule has 1 fully saturated rings. The molecule has 8 unspecified atom stereocenters. The number of carbonyl (C=O) groups excluding carboxylic acids is 1. The van der Waals surface area contributed by atoms with Crippen molar-refractivity contribution in [2.24, 2.45) is 0 Å². The third kappa shape index (κ3) is 19.5. The summed E-state index contributed by atoms with van der Waals surface area (Å²) < 4.78 is 47.0. The second kappa shape index (κ2) is 25.7. The van der Waals surface area contributed by atoms with Crippen molar-refractivity contribution in [3.05, 3.63) is 12.2 Å². The highest BCUT2D eigenvalue weighted by molar-refractivity contribution is 7.80. The maximum absolute atomic E-state index is 12.9. The molecule has 7 N–H and O–H groups in total. The fourth-order valence-corrected chi connectivity index (χ4v) is 6.02. The molecular formula is C33H63NO12S. The van der Waals surface area contributed by atoms with E-state index < -0.39 is 78.5 Å². The Bertz CT molecular complexity index is 937. The second-order valence-electron chi connectivity index (χ2n) is 12.6. The fourth-order valence-electron chi connectivity index (χ4n) is 5.52. The minimum Gasteiger partial charge on any atom is -0.394 e. The van der Waals surface area contributed by atoms with E-state index in [1.165, 1.54) is 63.9 Å². The number of carbonyl (C=O) groups is 1. The minimum absolute atomic E-state index is 0.244. The third-order valence-electron chi connectivity index (χ3n) is 8.43. The molecular weight excluding hydrogens is 634 g/mol. The van der Waals surface area contributed by atoms with E-state index in [4.69, 9.17) is 14.0 Å². The molecule has 0 aromatic carbocycles. The van der Waals surface area contributed by atoms with Crippen LogP contribution in [0, 0.1) is 0 Å². The van der Waals surface area contributed by atoms with Crippen molar-refractivity contribution in [3.8, 4) is 0 Å². The molecule has 1 saturated heterocycles. The Hall–Kier alpha value is -1.20. The molecule has 0 aliphatic carbocycles. The molecule has 14 heteroatoms. The molecule has 0 bridgehead atoms. The quantitative estimate of drug-likeness (QED) is 0.0356. The molecule has 8 atom stereocenters. The number of hydrogen-bond acceptors (Lipinski definition) is 11. The summed E-state index contributed by atoms with van der Waals surface area (Å²) in [6, 6.07) is -1.11. The zero-order valence-corrected chi connectivity index (χ0v) is 29.3. The molecule has 1 aliphatic heterocycles. The molecule has 1 aliphatic rings. The van der Waals surface area contributed by atoms with E-state index in [0.717, 1.165) is 38.5 Å². The van der Waals surface area contributed by atoms with E-state index in [1.54, 1.807) is 6.08 Å². The first-order valence-corrected chi connectivity index (χ1v) is 19.0. The lowest BCUT2D eigenvalue weighted by Gasteiger charge is -2.41. The van der Waals surface area contributed by atoms with Crippen LogP contribution in [0.15, 0.2) is 12.2 Å².